The van der Waals surface area contributed by atoms with Crippen molar-refractivity contribution < 1.29 is 0 Å². The molecule has 1 atom stereocenters. The van der Waals surface area contributed by atoms with Crippen LogP contribution in [0.2, 0.25) is 0 Å². The highest BCUT2D eigenvalue weighted by atomic mass is 32.2. The van der Waals surface area contributed by atoms with Gasteiger partial charge in [0, 0.05) is 35.0 Å². The molecular weight excluding hydrogens is 272 g/mol. The fraction of sp³-hybridized carbons (Fsp3) is 0.400. The maximum absolute atomic E-state index is 4.48. The number of rotatable bonds is 6. The standard InChI is InChI=1S/C15H20N2S2/c1-11-10-19-15(17-11)8-9-16-12(2)13-4-6-14(18-3)7-5-13/h4-7,10,12,16H,8-9H2,1-3H3. The van der Waals surface area contributed by atoms with E-state index in [4.69, 9.17) is 0 Å². The Hall–Kier alpha value is -0.840. The molecule has 0 saturated heterocycles. The number of nitrogens with one attached hydrogen (secondary N) is 1. The Labute approximate surface area is 123 Å². The van der Waals surface area contributed by atoms with Gasteiger partial charge in [0.1, 0.15) is 0 Å². The summed E-state index contributed by atoms with van der Waals surface area (Å²) in [6.07, 6.45) is 3.11. The summed E-state index contributed by atoms with van der Waals surface area (Å²) in [6, 6.07) is 9.16. The molecule has 1 aromatic heterocycles. The van der Waals surface area contributed by atoms with Crippen molar-refractivity contribution in [3.63, 3.8) is 0 Å². The van der Waals surface area contributed by atoms with Crippen LogP contribution in [-0.4, -0.2) is 17.8 Å². The number of aryl methyl sites for hydroxylation is 1. The molecule has 19 heavy (non-hydrogen) atoms. The monoisotopic (exact) mass is 292 g/mol. The average Bonchev–Trinajstić information content (AvgIpc) is 2.84. The Morgan fingerprint density at radius 2 is 2.05 bits per heavy atom. The van der Waals surface area contributed by atoms with Crippen molar-refractivity contribution in [3.8, 4) is 0 Å². The molecule has 4 heteroatoms. The minimum atomic E-state index is 0.386. The van der Waals surface area contributed by atoms with Gasteiger partial charge in [-0.3, -0.25) is 0 Å². The lowest BCUT2D eigenvalue weighted by molar-refractivity contribution is 0.576. The van der Waals surface area contributed by atoms with Gasteiger partial charge in [-0.1, -0.05) is 12.1 Å². The predicted molar refractivity (Wildman–Crippen MR) is 85.2 cm³/mol. The zero-order valence-electron chi connectivity index (χ0n) is 11.6. The fourth-order valence-electron chi connectivity index (χ4n) is 1.92. The van der Waals surface area contributed by atoms with E-state index in [1.807, 2.05) is 6.92 Å². The second-order valence-corrected chi connectivity index (χ2v) is 6.40. The molecule has 1 unspecified atom stereocenters. The predicted octanol–water partition coefficient (Wildman–Crippen LogP) is 4.07. The quantitative estimate of drug-likeness (QED) is 0.813. The molecule has 0 aliphatic heterocycles. The topological polar surface area (TPSA) is 24.9 Å². The van der Waals surface area contributed by atoms with Gasteiger partial charge in [0.05, 0.1) is 5.01 Å². The third-order valence-corrected chi connectivity index (χ3v) is 4.84. The summed E-state index contributed by atoms with van der Waals surface area (Å²) in [7, 11) is 0. The van der Waals surface area contributed by atoms with Gasteiger partial charge in [-0.25, -0.2) is 4.98 Å². The molecule has 1 N–H and O–H groups in total. The van der Waals surface area contributed by atoms with E-state index in [9.17, 15) is 0 Å². The first-order valence-electron chi connectivity index (χ1n) is 6.47. The molecule has 1 aromatic carbocycles. The number of aromatic nitrogens is 1. The zero-order valence-corrected chi connectivity index (χ0v) is 13.3. The highest BCUT2D eigenvalue weighted by molar-refractivity contribution is 7.98. The van der Waals surface area contributed by atoms with Crippen LogP contribution in [0, 0.1) is 6.92 Å². The molecule has 1 heterocycles. The number of nitrogens with zero attached hydrogens (tertiary/aromatic N) is 1. The summed E-state index contributed by atoms with van der Waals surface area (Å²) in [4.78, 5) is 5.79. The van der Waals surface area contributed by atoms with Gasteiger partial charge in [-0.05, 0) is 37.8 Å². The first-order valence-corrected chi connectivity index (χ1v) is 8.58. The van der Waals surface area contributed by atoms with Crippen LogP contribution in [0.5, 0.6) is 0 Å². The lowest BCUT2D eigenvalue weighted by atomic mass is 10.1. The minimum Gasteiger partial charge on any atom is -0.310 e. The van der Waals surface area contributed by atoms with Crippen molar-refractivity contribution in [3.05, 3.63) is 45.9 Å². The van der Waals surface area contributed by atoms with Crippen molar-refractivity contribution in [1.82, 2.24) is 10.3 Å². The molecule has 0 radical (unpaired) electrons. The number of benzene rings is 1. The highest BCUT2D eigenvalue weighted by Crippen LogP contribution is 2.19. The van der Waals surface area contributed by atoms with Crippen molar-refractivity contribution in [1.29, 1.82) is 0 Å². The smallest absolute Gasteiger partial charge is 0.0940 e. The first kappa shape index (κ1) is 14.6. The minimum absolute atomic E-state index is 0.386. The molecule has 0 amide bonds. The van der Waals surface area contributed by atoms with E-state index < -0.39 is 0 Å². The average molecular weight is 292 g/mol. The molecule has 0 saturated carbocycles. The zero-order chi connectivity index (χ0) is 13.7. The van der Waals surface area contributed by atoms with Crippen LogP contribution >= 0.6 is 23.1 Å². The largest absolute Gasteiger partial charge is 0.310 e. The summed E-state index contributed by atoms with van der Waals surface area (Å²) in [5, 5.41) is 6.88. The second kappa shape index (κ2) is 7.08. The maximum atomic E-state index is 4.48. The van der Waals surface area contributed by atoms with Crippen molar-refractivity contribution in [2.75, 3.05) is 12.8 Å². The second-order valence-electron chi connectivity index (χ2n) is 4.58. The Morgan fingerprint density at radius 1 is 1.32 bits per heavy atom. The van der Waals surface area contributed by atoms with Crippen LogP contribution in [0.1, 0.15) is 29.2 Å². The number of thiazole rings is 1. The summed E-state index contributed by atoms with van der Waals surface area (Å²) < 4.78 is 0. The van der Waals surface area contributed by atoms with E-state index in [1.54, 1.807) is 23.1 Å². The van der Waals surface area contributed by atoms with Gasteiger partial charge in [-0.2, -0.15) is 0 Å². The van der Waals surface area contributed by atoms with E-state index in [1.165, 1.54) is 15.5 Å². The Balaban J connectivity index is 1.81. The lowest BCUT2D eigenvalue weighted by Gasteiger charge is -2.14. The molecule has 0 aliphatic rings. The van der Waals surface area contributed by atoms with E-state index >= 15 is 0 Å². The molecule has 2 nitrogen and oxygen atoms in total. The van der Waals surface area contributed by atoms with E-state index in [0.717, 1.165) is 18.7 Å². The van der Waals surface area contributed by atoms with Crippen LogP contribution in [0.15, 0.2) is 34.5 Å². The normalized spacial score (nSPS) is 12.6. The van der Waals surface area contributed by atoms with Gasteiger partial charge < -0.3 is 5.32 Å². The number of hydrogen-bond acceptors (Lipinski definition) is 4. The summed E-state index contributed by atoms with van der Waals surface area (Å²) in [5.74, 6) is 0. The first-order chi connectivity index (χ1) is 9.19. The van der Waals surface area contributed by atoms with Crippen LogP contribution in [0.3, 0.4) is 0 Å². The Morgan fingerprint density at radius 3 is 2.63 bits per heavy atom. The molecule has 0 bridgehead atoms. The van der Waals surface area contributed by atoms with Crippen LogP contribution in [0.4, 0.5) is 0 Å². The molecule has 0 aliphatic carbocycles. The van der Waals surface area contributed by atoms with Crippen molar-refractivity contribution in [2.45, 2.75) is 31.2 Å². The summed E-state index contributed by atoms with van der Waals surface area (Å²) in [5.41, 5.74) is 2.47. The third kappa shape index (κ3) is 4.34. The summed E-state index contributed by atoms with van der Waals surface area (Å²) in [6.45, 7) is 5.23. The van der Waals surface area contributed by atoms with Crippen molar-refractivity contribution >= 4 is 23.1 Å². The van der Waals surface area contributed by atoms with Gasteiger partial charge in [0.2, 0.25) is 0 Å². The third-order valence-electron chi connectivity index (χ3n) is 3.07. The van der Waals surface area contributed by atoms with Crippen LogP contribution < -0.4 is 5.32 Å². The molecule has 2 aromatic rings. The van der Waals surface area contributed by atoms with E-state index in [2.05, 4.69) is 53.1 Å². The molecule has 2 rings (SSSR count). The molecular formula is C15H20N2S2. The van der Waals surface area contributed by atoms with Gasteiger partial charge in [0.25, 0.3) is 0 Å². The van der Waals surface area contributed by atoms with E-state index in [0.29, 0.717) is 6.04 Å². The fourth-order valence-corrected chi connectivity index (χ4v) is 3.11. The van der Waals surface area contributed by atoms with Crippen LogP contribution in [-0.2, 0) is 6.42 Å². The highest BCUT2D eigenvalue weighted by Gasteiger charge is 2.05. The van der Waals surface area contributed by atoms with Gasteiger partial charge in [-0.15, -0.1) is 23.1 Å². The molecule has 102 valence electrons. The Kier molecular flexibility index (Phi) is 5.43. The lowest BCUT2D eigenvalue weighted by Crippen LogP contribution is -2.21. The number of thioether (sulfide) groups is 1. The molecule has 0 fully saturated rings. The van der Waals surface area contributed by atoms with E-state index in [-0.39, 0.29) is 0 Å². The van der Waals surface area contributed by atoms with Gasteiger partial charge in [0.15, 0.2) is 0 Å². The SMILES string of the molecule is CSc1ccc(C(C)NCCc2nc(C)cs2)cc1. The summed E-state index contributed by atoms with van der Waals surface area (Å²) >= 11 is 3.53. The Bertz CT molecular complexity index is 505. The van der Waals surface area contributed by atoms with Gasteiger partial charge >= 0.3 is 0 Å². The maximum Gasteiger partial charge on any atom is 0.0940 e. The number of hydrogen-bond donors (Lipinski definition) is 1. The van der Waals surface area contributed by atoms with Crippen molar-refractivity contribution in [2.24, 2.45) is 0 Å². The molecule has 0 spiro atoms. The van der Waals surface area contributed by atoms with Crippen LogP contribution in [0.25, 0.3) is 0 Å².